The molecule has 5 atom stereocenters. The van der Waals surface area contributed by atoms with Gasteiger partial charge in [-0.3, -0.25) is 4.79 Å². The minimum absolute atomic E-state index is 0.275. The zero-order valence-corrected chi connectivity index (χ0v) is 12.8. The van der Waals surface area contributed by atoms with Crippen molar-refractivity contribution in [3.8, 4) is 0 Å². The Kier molecular flexibility index (Phi) is 2.63. The lowest BCUT2D eigenvalue weighted by molar-refractivity contribution is -0.116. The van der Waals surface area contributed by atoms with Gasteiger partial charge in [-0.2, -0.15) is 0 Å². The maximum absolute atomic E-state index is 11.7. The second-order valence-electron chi connectivity index (χ2n) is 8.22. The van der Waals surface area contributed by atoms with Gasteiger partial charge in [-0.1, -0.05) is 32.4 Å². The lowest BCUT2D eigenvalue weighted by Gasteiger charge is -2.55. The summed E-state index contributed by atoms with van der Waals surface area (Å²) >= 11 is 0. The zero-order valence-electron chi connectivity index (χ0n) is 12.8. The molecule has 20 heavy (non-hydrogen) atoms. The van der Waals surface area contributed by atoms with Crippen molar-refractivity contribution in [2.24, 2.45) is 28.6 Å². The van der Waals surface area contributed by atoms with Crippen LogP contribution >= 0.6 is 0 Å². The van der Waals surface area contributed by atoms with Gasteiger partial charge in [0, 0.05) is 6.42 Å². The molecule has 0 amide bonds. The SMILES string of the molecule is C[C@@]12CCC[C@H]1[C@@H]1C=CC3=CC(=O)CC[C@@]3(C)[C@H]1CC2. The highest BCUT2D eigenvalue weighted by Crippen LogP contribution is 2.63. The second kappa shape index (κ2) is 4.08. The summed E-state index contributed by atoms with van der Waals surface area (Å²) in [5, 5.41) is 0. The molecular weight excluding hydrogens is 244 g/mol. The molecule has 4 aliphatic carbocycles. The van der Waals surface area contributed by atoms with Crippen LogP contribution in [0.15, 0.2) is 23.8 Å². The molecule has 0 N–H and O–H groups in total. The van der Waals surface area contributed by atoms with E-state index in [1.165, 1.54) is 37.7 Å². The summed E-state index contributed by atoms with van der Waals surface area (Å²) in [4.78, 5) is 11.7. The fourth-order valence-electron chi connectivity index (χ4n) is 5.99. The van der Waals surface area contributed by atoms with Gasteiger partial charge >= 0.3 is 0 Å². The third-order valence-corrected chi connectivity index (χ3v) is 7.30. The molecule has 2 fully saturated rings. The molecular formula is C19H26O. The van der Waals surface area contributed by atoms with E-state index in [9.17, 15) is 4.79 Å². The first kappa shape index (κ1) is 12.9. The molecule has 0 aromatic heterocycles. The number of fused-ring (bicyclic) bond motifs is 5. The fourth-order valence-corrected chi connectivity index (χ4v) is 5.99. The number of rotatable bonds is 0. The van der Waals surface area contributed by atoms with Crippen LogP contribution in [0.5, 0.6) is 0 Å². The maximum atomic E-state index is 11.7. The zero-order chi connectivity index (χ0) is 14.0. The van der Waals surface area contributed by atoms with E-state index in [0.717, 1.165) is 30.6 Å². The van der Waals surface area contributed by atoms with Crippen molar-refractivity contribution in [2.75, 3.05) is 0 Å². The van der Waals surface area contributed by atoms with Crippen molar-refractivity contribution >= 4 is 5.78 Å². The van der Waals surface area contributed by atoms with Crippen LogP contribution < -0.4 is 0 Å². The Morgan fingerprint density at radius 3 is 2.80 bits per heavy atom. The number of carbonyl (C=O) groups excluding carboxylic acids is 1. The van der Waals surface area contributed by atoms with Crippen molar-refractivity contribution in [3.05, 3.63) is 23.8 Å². The lowest BCUT2D eigenvalue weighted by Crippen LogP contribution is -2.47. The van der Waals surface area contributed by atoms with Crippen LogP contribution in [-0.2, 0) is 4.79 Å². The Bertz CT molecular complexity index is 514. The van der Waals surface area contributed by atoms with Gasteiger partial charge in [-0.15, -0.1) is 0 Å². The standard InChI is InChI=1S/C19H26O/c1-18-9-3-4-16(18)15-6-5-13-12-14(20)7-11-19(13,2)17(15)8-10-18/h5-6,12,15-17H,3-4,7-11H2,1-2H3/t15-,16-,17-,18-,19+/m0/s1. The van der Waals surface area contributed by atoms with E-state index in [2.05, 4.69) is 26.0 Å². The van der Waals surface area contributed by atoms with E-state index in [1.807, 2.05) is 6.08 Å². The molecule has 2 saturated carbocycles. The van der Waals surface area contributed by atoms with Gasteiger partial charge in [0.05, 0.1) is 0 Å². The molecule has 0 spiro atoms. The number of hydrogen-bond donors (Lipinski definition) is 0. The van der Waals surface area contributed by atoms with Crippen LogP contribution in [0.4, 0.5) is 0 Å². The van der Waals surface area contributed by atoms with E-state index in [0.29, 0.717) is 11.2 Å². The summed E-state index contributed by atoms with van der Waals surface area (Å²) in [6, 6.07) is 0. The summed E-state index contributed by atoms with van der Waals surface area (Å²) in [6.45, 7) is 4.97. The number of ketones is 1. The van der Waals surface area contributed by atoms with Crippen LogP contribution in [0.3, 0.4) is 0 Å². The number of carbonyl (C=O) groups is 1. The molecule has 1 heteroatoms. The molecule has 0 aromatic rings. The molecule has 1 nitrogen and oxygen atoms in total. The Morgan fingerprint density at radius 1 is 1.10 bits per heavy atom. The Balaban J connectivity index is 1.76. The van der Waals surface area contributed by atoms with E-state index in [-0.39, 0.29) is 5.41 Å². The quantitative estimate of drug-likeness (QED) is 0.624. The minimum atomic E-state index is 0.275. The van der Waals surface area contributed by atoms with Crippen molar-refractivity contribution in [1.29, 1.82) is 0 Å². The molecule has 4 aliphatic rings. The van der Waals surface area contributed by atoms with Gasteiger partial charge in [0.15, 0.2) is 5.78 Å². The molecule has 0 aromatic carbocycles. The summed E-state index contributed by atoms with van der Waals surface area (Å²) in [6.07, 6.45) is 15.6. The number of hydrogen-bond acceptors (Lipinski definition) is 1. The third-order valence-electron chi connectivity index (χ3n) is 7.30. The maximum Gasteiger partial charge on any atom is 0.156 e. The van der Waals surface area contributed by atoms with E-state index in [4.69, 9.17) is 0 Å². The lowest BCUT2D eigenvalue weighted by atomic mass is 9.49. The summed E-state index contributed by atoms with van der Waals surface area (Å²) < 4.78 is 0. The van der Waals surface area contributed by atoms with Crippen LogP contribution in [0.2, 0.25) is 0 Å². The monoisotopic (exact) mass is 270 g/mol. The average Bonchev–Trinajstić information content (AvgIpc) is 2.81. The summed E-state index contributed by atoms with van der Waals surface area (Å²) in [5.41, 5.74) is 2.21. The number of allylic oxidation sites excluding steroid dienone is 4. The van der Waals surface area contributed by atoms with Gasteiger partial charge in [0.25, 0.3) is 0 Å². The first-order valence-corrected chi connectivity index (χ1v) is 8.46. The first-order chi connectivity index (χ1) is 9.53. The van der Waals surface area contributed by atoms with E-state index < -0.39 is 0 Å². The van der Waals surface area contributed by atoms with Crippen molar-refractivity contribution in [1.82, 2.24) is 0 Å². The Morgan fingerprint density at radius 2 is 1.95 bits per heavy atom. The van der Waals surface area contributed by atoms with Crippen LogP contribution in [0.25, 0.3) is 0 Å². The molecule has 108 valence electrons. The highest BCUT2D eigenvalue weighted by molar-refractivity contribution is 5.92. The summed E-state index contributed by atoms with van der Waals surface area (Å²) in [5.74, 6) is 2.78. The van der Waals surface area contributed by atoms with Gasteiger partial charge in [-0.05, 0) is 72.3 Å². The van der Waals surface area contributed by atoms with Gasteiger partial charge in [0.2, 0.25) is 0 Å². The van der Waals surface area contributed by atoms with Crippen LogP contribution in [0, 0.1) is 28.6 Å². The van der Waals surface area contributed by atoms with Crippen LogP contribution in [-0.4, -0.2) is 5.78 Å². The first-order valence-electron chi connectivity index (χ1n) is 8.46. The van der Waals surface area contributed by atoms with Gasteiger partial charge in [-0.25, -0.2) is 0 Å². The smallest absolute Gasteiger partial charge is 0.156 e. The van der Waals surface area contributed by atoms with E-state index >= 15 is 0 Å². The molecule has 0 heterocycles. The highest BCUT2D eigenvalue weighted by atomic mass is 16.1. The summed E-state index contributed by atoms with van der Waals surface area (Å²) in [7, 11) is 0. The van der Waals surface area contributed by atoms with Crippen molar-refractivity contribution in [2.45, 2.75) is 58.8 Å². The molecule has 4 rings (SSSR count). The van der Waals surface area contributed by atoms with Gasteiger partial charge in [0.1, 0.15) is 0 Å². The average molecular weight is 270 g/mol. The normalized spacial score (nSPS) is 50.2. The van der Waals surface area contributed by atoms with Crippen molar-refractivity contribution in [3.63, 3.8) is 0 Å². The highest BCUT2D eigenvalue weighted by Gasteiger charge is 2.54. The Hall–Kier alpha value is -0.850. The molecule has 0 radical (unpaired) electrons. The topological polar surface area (TPSA) is 17.1 Å². The molecule has 0 bridgehead atoms. The third kappa shape index (κ3) is 1.58. The van der Waals surface area contributed by atoms with E-state index in [1.54, 1.807) is 0 Å². The van der Waals surface area contributed by atoms with Crippen LogP contribution in [0.1, 0.15) is 58.8 Å². The second-order valence-corrected chi connectivity index (χ2v) is 8.22. The van der Waals surface area contributed by atoms with Gasteiger partial charge < -0.3 is 0 Å². The predicted octanol–water partition coefficient (Wildman–Crippen LogP) is 4.68. The fraction of sp³-hybridized carbons (Fsp3) is 0.737. The minimum Gasteiger partial charge on any atom is -0.295 e. The van der Waals surface area contributed by atoms with Crippen molar-refractivity contribution < 1.29 is 4.79 Å². The predicted molar refractivity (Wildman–Crippen MR) is 81.2 cm³/mol. The largest absolute Gasteiger partial charge is 0.295 e. The molecule has 0 aliphatic heterocycles. The molecule has 0 unspecified atom stereocenters. The Labute approximate surface area is 122 Å². The molecule has 0 saturated heterocycles.